The maximum absolute atomic E-state index is 12.2. The zero-order valence-corrected chi connectivity index (χ0v) is 12.3. The Bertz CT molecular complexity index is 523. The van der Waals surface area contributed by atoms with Crippen molar-refractivity contribution in [1.82, 2.24) is 14.6 Å². The highest BCUT2D eigenvalue weighted by molar-refractivity contribution is 7.89. The first-order valence-electron chi connectivity index (χ1n) is 6.62. The van der Waals surface area contributed by atoms with Crippen LogP contribution in [0, 0.1) is 0 Å². The summed E-state index contributed by atoms with van der Waals surface area (Å²) in [7, 11) is -3.55. The number of morpholine rings is 1. The van der Waals surface area contributed by atoms with Crippen molar-refractivity contribution in [3.05, 3.63) is 18.0 Å². The van der Waals surface area contributed by atoms with E-state index in [-0.39, 0.29) is 17.5 Å². The van der Waals surface area contributed by atoms with Gasteiger partial charge in [0.05, 0.1) is 24.7 Å². The smallest absolute Gasteiger partial charge is 0.242 e. The van der Waals surface area contributed by atoms with Crippen LogP contribution in [-0.2, 0) is 21.4 Å². The van der Waals surface area contributed by atoms with E-state index in [2.05, 4.69) is 14.6 Å². The number of rotatable bonds is 6. The summed E-state index contributed by atoms with van der Waals surface area (Å²) >= 11 is 0. The molecule has 3 N–H and O–H groups in total. The molecule has 0 spiro atoms. The van der Waals surface area contributed by atoms with Gasteiger partial charge in [0.1, 0.15) is 0 Å². The van der Waals surface area contributed by atoms with Crippen molar-refractivity contribution in [2.75, 3.05) is 32.8 Å². The quantitative estimate of drug-likeness (QED) is 0.659. The van der Waals surface area contributed by atoms with E-state index < -0.39 is 10.0 Å². The lowest BCUT2D eigenvalue weighted by molar-refractivity contribution is 0.0354. The first-order valence-corrected chi connectivity index (χ1v) is 8.10. The number of hydrogen-bond acceptors (Lipinski definition) is 5. The summed E-state index contributed by atoms with van der Waals surface area (Å²) in [5, 5.41) is 8.95. The summed E-state index contributed by atoms with van der Waals surface area (Å²) in [6.45, 7) is 5.31. The van der Waals surface area contributed by atoms with Crippen LogP contribution in [0.1, 0.15) is 12.6 Å². The molecule has 1 fully saturated rings. The molecule has 0 saturated carbocycles. The number of aliphatic hydroxyl groups is 1. The van der Waals surface area contributed by atoms with Crippen LogP contribution in [-0.4, -0.2) is 62.3 Å². The first kappa shape index (κ1) is 15.5. The lowest BCUT2D eigenvalue weighted by Gasteiger charge is -2.29. The van der Waals surface area contributed by atoms with E-state index in [9.17, 15) is 8.42 Å². The minimum absolute atomic E-state index is 0.148. The van der Waals surface area contributed by atoms with Crippen LogP contribution in [0.15, 0.2) is 17.2 Å². The largest absolute Gasteiger partial charge is 0.390 e. The van der Waals surface area contributed by atoms with Gasteiger partial charge < -0.3 is 14.8 Å². The maximum Gasteiger partial charge on any atom is 0.242 e. The molecule has 1 aliphatic heterocycles. The molecule has 1 atom stereocenters. The fraction of sp³-hybridized carbons (Fsp3) is 0.667. The Labute approximate surface area is 119 Å². The molecule has 0 bridgehead atoms. The van der Waals surface area contributed by atoms with Crippen LogP contribution in [0.5, 0.6) is 0 Å². The summed E-state index contributed by atoms with van der Waals surface area (Å²) in [5.41, 5.74) is 0.478. The maximum atomic E-state index is 12.2. The predicted molar refractivity (Wildman–Crippen MR) is 73.8 cm³/mol. The van der Waals surface area contributed by atoms with Crippen molar-refractivity contribution in [3.8, 4) is 0 Å². The Balaban J connectivity index is 1.93. The highest BCUT2D eigenvalue weighted by Gasteiger charge is 2.21. The second-order valence-electron chi connectivity index (χ2n) is 4.95. The monoisotopic (exact) mass is 303 g/mol. The second kappa shape index (κ2) is 6.68. The van der Waals surface area contributed by atoms with Crippen molar-refractivity contribution in [3.63, 3.8) is 0 Å². The van der Waals surface area contributed by atoms with Crippen molar-refractivity contribution < 1.29 is 18.3 Å². The van der Waals surface area contributed by atoms with Crippen LogP contribution >= 0.6 is 0 Å². The highest BCUT2D eigenvalue weighted by atomic mass is 32.2. The normalized spacial score (nSPS) is 19.1. The number of sulfonamides is 1. The van der Waals surface area contributed by atoms with Gasteiger partial charge in [-0.2, -0.15) is 0 Å². The van der Waals surface area contributed by atoms with Gasteiger partial charge in [-0.05, 0) is 13.0 Å². The summed E-state index contributed by atoms with van der Waals surface area (Å²) in [6.07, 6.45) is 1.38. The zero-order chi connectivity index (χ0) is 14.6. The van der Waals surface area contributed by atoms with E-state index in [1.165, 1.54) is 12.3 Å². The number of aromatic nitrogens is 1. The topological polar surface area (TPSA) is 94.7 Å². The van der Waals surface area contributed by atoms with Gasteiger partial charge in [0.2, 0.25) is 10.0 Å². The number of aromatic amines is 1. The van der Waals surface area contributed by atoms with Crippen molar-refractivity contribution in [2.24, 2.45) is 0 Å². The molecule has 0 aliphatic carbocycles. The van der Waals surface area contributed by atoms with Gasteiger partial charge >= 0.3 is 0 Å². The molecular weight excluding hydrogens is 282 g/mol. The molecule has 1 aromatic rings. The molecule has 1 unspecified atom stereocenters. The van der Waals surface area contributed by atoms with E-state index >= 15 is 0 Å². The van der Waals surface area contributed by atoms with E-state index in [1.54, 1.807) is 0 Å². The van der Waals surface area contributed by atoms with Crippen LogP contribution in [0.4, 0.5) is 0 Å². The Morgan fingerprint density at radius 3 is 2.80 bits per heavy atom. The SMILES string of the molecule is CC(CN1CCOCC1)NS(=O)(=O)c1c[nH]c(CO)c1. The molecule has 2 heterocycles. The Hall–Kier alpha value is -0.930. The molecule has 1 aliphatic rings. The molecule has 0 radical (unpaired) electrons. The second-order valence-corrected chi connectivity index (χ2v) is 6.67. The van der Waals surface area contributed by atoms with E-state index in [0.29, 0.717) is 25.5 Å². The summed E-state index contributed by atoms with van der Waals surface area (Å²) in [5.74, 6) is 0. The average Bonchev–Trinajstić information content (AvgIpc) is 2.88. The van der Waals surface area contributed by atoms with E-state index in [1.807, 2.05) is 6.92 Å². The molecule has 0 aromatic carbocycles. The number of nitrogens with one attached hydrogen (secondary N) is 2. The van der Waals surface area contributed by atoms with Gasteiger partial charge in [-0.1, -0.05) is 0 Å². The van der Waals surface area contributed by atoms with E-state index in [0.717, 1.165) is 13.1 Å². The molecule has 1 saturated heterocycles. The third kappa shape index (κ3) is 4.03. The molecule has 7 nitrogen and oxygen atoms in total. The van der Waals surface area contributed by atoms with Gasteiger partial charge in [-0.15, -0.1) is 0 Å². The van der Waals surface area contributed by atoms with Crippen LogP contribution in [0.25, 0.3) is 0 Å². The number of aliphatic hydroxyl groups excluding tert-OH is 1. The number of hydrogen-bond donors (Lipinski definition) is 3. The fourth-order valence-electron chi connectivity index (χ4n) is 2.21. The van der Waals surface area contributed by atoms with Crippen LogP contribution in [0.2, 0.25) is 0 Å². The molecular formula is C12H21N3O4S. The molecule has 20 heavy (non-hydrogen) atoms. The van der Waals surface area contributed by atoms with Crippen molar-refractivity contribution in [1.29, 1.82) is 0 Å². The number of H-pyrrole nitrogens is 1. The van der Waals surface area contributed by atoms with Crippen molar-refractivity contribution >= 4 is 10.0 Å². The fourth-order valence-corrected chi connectivity index (χ4v) is 3.46. The third-order valence-electron chi connectivity index (χ3n) is 3.19. The standard InChI is InChI=1S/C12H21N3O4S/c1-10(8-15-2-4-19-5-3-15)14-20(17,18)12-6-11(9-16)13-7-12/h6-7,10,13-14,16H,2-5,8-9H2,1H3. The molecule has 0 amide bonds. The lowest BCUT2D eigenvalue weighted by Crippen LogP contribution is -2.45. The zero-order valence-electron chi connectivity index (χ0n) is 11.5. The third-order valence-corrected chi connectivity index (χ3v) is 4.76. The summed E-state index contributed by atoms with van der Waals surface area (Å²) in [4.78, 5) is 5.04. The molecule has 114 valence electrons. The van der Waals surface area contributed by atoms with Crippen molar-refractivity contribution in [2.45, 2.75) is 24.5 Å². The lowest BCUT2D eigenvalue weighted by atomic mass is 10.3. The van der Waals surface area contributed by atoms with E-state index in [4.69, 9.17) is 9.84 Å². The van der Waals surface area contributed by atoms with Crippen LogP contribution in [0.3, 0.4) is 0 Å². The molecule has 2 rings (SSSR count). The highest BCUT2D eigenvalue weighted by Crippen LogP contribution is 2.11. The van der Waals surface area contributed by atoms with Gasteiger partial charge in [0, 0.05) is 37.6 Å². The Morgan fingerprint density at radius 2 is 2.20 bits per heavy atom. The number of nitrogens with zero attached hydrogens (tertiary/aromatic N) is 1. The molecule has 8 heteroatoms. The minimum atomic E-state index is -3.55. The predicted octanol–water partition coefficient (Wildman–Crippen LogP) is -0.494. The first-order chi connectivity index (χ1) is 9.51. The average molecular weight is 303 g/mol. The summed E-state index contributed by atoms with van der Waals surface area (Å²) < 4.78 is 32.2. The van der Waals surface area contributed by atoms with Gasteiger partial charge in [-0.25, -0.2) is 13.1 Å². The van der Waals surface area contributed by atoms with Gasteiger partial charge in [-0.3, -0.25) is 4.90 Å². The Morgan fingerprint density at radius 1 is 1.50 bits per heavy atom. The Kier molecular flexibility index (Phi) is 5.17. The van der Waals surface area contributed by atoms with Crippen LogP contribution < -0.4 is 4.72 Å². The minimum Gasteiger partial charge on any atom is -0.390 e. The van der Waals surface area contributed by atoms with Gasteiger partial charge in [0.15, 0.2) is 0 Å². The van der Waals surface area contributed by atoms with Gasteiger partial charge in [0.25, 0.3) is 0 Å². The number of ether oxygens (including phenoxy) is 1. The summed E-state index contributed by atoms with van der Waals surface area (Å²) in [6, 6.07) is 1.25. The molecule has 1 aromatic heterocycles.